The molecule has 146 valence electrons. The zero-order valence-electron chi connectivity index (χ0n) is 16.4. The van der Waals surface area contributed by atoms with Crippen LogP contribution in [-0.2, 0) is 11.2 Å². The van der Waals surface area contributed by atoms with Gasteiger partial charge in [0, 0.05) is 0 Å². The highest BCUT2D eigenvalue weighted by molar-refractivity contribution is 5.79. The average molecular weight is 373 g/mol. The fourth-order valence-electron chi connectivity index (χ4n) is 2.88. The van der Waals surface area contributed by atoms with E-state index in [1.807, 2.05) is 6.07 Å². The minimum atomic E-state index is -0.887. The molecule has 0 saturated carbocycles. The fraction of sp³-hybridized carbons (Fsp3) is 0.381. The summed E-state index contributed by atoms with van der Waals surface area (Å²) in [5.74, 6) is 1.63. The second-order valence-corrected chi connectivity index (χ2v) is 6.82. The normalized spacial score (nSPS) is 12.2. The molecule has 0 saturated heterocycles. The first-order valence-electron chi connectivity index (χ1n) is 8.64. The van der Waals surface area contributed by atoms with E-state index in [0.29, 0.717) is 22.8 Å². The molecule has 0 heterocycles. The molecule has 1 atom stereocenters. The van der Waals surface area contributed by atoms with Crippen LogP contribution in [0.25, 0.3) is 0 Å². The fourth-order valence-corrected chi connectivity index (χ4v) is 2.88. The third-order valence-electron chi connectivity index (χ3n) is 4.37. The molecule has 6 nitrogen and oxygen atoms in total. The first-order valence-corrected chi connectivity index (χ1v) is 8.64. The number of carbonyl (C=O) groups is 1. The highest BCUT2D eigenvalue weighted by atomic mass is 16.5. The van der Waals surface area contributed by atoms with E-state index in [1.165, 1.54) is 0 Å². The van der Waals surface area contributed by atoms with Crippen molar-refractivity contribution in [1.82, 2.24) is 5.32 Å². The van der Waals surface area contributed by atoms with Crippen molar-refractivity contribution in [1.29, 1.82) is 0 Å². The minimum absolute atomic E-state index is 0.161. The van der Waals surface area contributed by atoms with Gasteiger partial charge in [-0.1, -0.05) is 18.2 Å². The number of amides is 1. The molecule has 2 aromatic rings. The van der Waals surface area contributed by atoms with Crippen LogP contribution in [0, 0.1) is 0 Å². The highest BCUT2D eigenvalue weighted by Gasteiger charge is 2.31. The first-order chi connectivity index (χ1) is 12.8. The maximum Gasteiger partial charge on any atom is 0.224 e. The first kappa shape index (κ1) is 20.6. The lowest BCUT2D eigenvalue weighted by Gasteiger charge is -2.32. The van der Waals surface area contributed by atoms with Crippen molar-refractivity contribution in [2.24, 2.45) is 0 Å². The molecule has 0 fully saturated rings. The van der Waals surface area contributed by atoms with Crippen LogP contribution in [0.1, 0.15) is 31.1 Å². The molecule has 0 unspecified atom stereocenters. The van der Waals surface area contributed by atoms with Crippen molar-refractivity contribution in [3.8, 4) is 17.2 Å². The summed E-state index contributed by atoms with van der Waals surface area (Å²) in [6.07, 6.45) is -0.726. The standard InChI is InChI=1S/C21H27NO5/c1-21(2,20(24)15-7-6-8-16(13-15)25-3)22-19(23)12-14-9-10-17(26-4)18(11-14)27-5/h6-11,13,20,24H,12H2,1-5H3,(H,22,23)/t20-/m1/s1. The number of hydrogen-bond acceptors (Lipinski definition) is 5. The van der Waals surface area contributed by atoms with Crippen LogP contribution in [0.3, 0.4) is 0 Å². The number of aliphatic hydroxyl groups is 1. The summed E-state index contributed by atoms with van der Waals surface area (Å²) < 4.78 is 15.7. The van der Waals surface area contributed by atoms with Gasteiger partial charge in [-0.3, -0.25) is 4.79 Å². The van der Waals surface area contributed by atoms with Gasteiger partial charge in [-0.25, -0.2) is 0 Å². The lowest BCUT2D eigenvalue weighted by molar-refractivity contribution is -0.123. The van der Waals surface area contributed by atoms with E-state index < -0.39 is 11.6 Å². The van der Waals surface area contributed by atoms with Crippen LogP contribution >= 0.6 is 0 Å². The van der Waals surface area contributed by atoms with Gasteiger partial charge in [0.2, 0.25) is 5.91 Å². The van der Waals surface area contributed by atoms with E-state index >= 15 is 0 Å². The van der Waals surface area contributed by atoms with Crippen molar-refractivity contribution in [3.63, 3.8) is 0 Å². The maximum atomic E-state index is 12.5. The van der Waals surface area contributed by atoms with Crippen LogP contribution in [0.4, 0.5) is 0 Å². The second-order valence-electron chi connectivity index (χ2n) is 6.82. The lowest BCUT2D eigenvalue weighted by atomic mass is 9.90. The molecule has 0 aromatic heterocycles. The van der Waals surface area contributed by atoms with Crippen molar-refractivity contribution >= 4 is 5.91 Å². The Bertz CT molecular complexity index is 788. The third-order valence-corrected chi connectivity index (χ3v) is 4.37. The Morgan fingerprint density at radius 2 is 1.74 bits per heavy atom. The Morgan fingerprint density at radius 3 is 2.37 bits per heavy atom. The summed E-state index contributed by atoms with van der Waals surface area (Å²) in [7, 11) is 4.68. The molecule has 0 bridgehead atoms. The van der Waals surface area contributed by atoms with Gasteiger partial charge in [-0.2, -0.15) is 0 Å². The molecule has 2 aromatic carbocycles. The Hall–Kier alpha value is -2.73. The van der Waals surface area contributed by atoms with Gasteiger partial charge in [0.1, 0.15) is 11.9 Å². The highest BCUT2D eigenvalue weighted by Crippen LogP contribution is 2.29. The molecular formula is C21H27NO5. The van der Waals surface area contributed by atoms with Crippen LogP contribution in [0.15, 0.2) is 42.5 Å². The van der Waals surface area contributed by atoms with Crippen molar-refractivity contribution in [3.05, 3.63) is 53.6 Å². The lowest BCUT2D eigenvalue weighted by Crippen LogP contribution is -2.48. The van der Waals surface area contributed by atoms with E-state index in [0.717, 1.165) is 5.56 Å². The summed E-state index contributed by atoms with van der Waals surface area (Å²) in [4.78, 5) is 12.5. The van der Waals surface area contributed by atoms with Gasteiger partial charge >= 0.3 is 0 Å². The van der Waals surface area contributed by atoms with Crippen LogP contribution in [0.5, 0.6) is 17.2 Å². The number of hydrogen-bond donors (Lipinski definition) is 2. The van der Waals surface area contributed by atoms with E-state index in [2.05, 4.69) is 5.32 Å². The summed E-state index contributed by atoms with van der Waals surface area (Å²) >= 11 is 0. The molecule has 1 amide bonds. The molecular weight excluding hydrogens is 346 g/mol. The number of aliphatic hydroxyl groups excluding tert-OH is 1. The van der Waals surface area contributed by atoms with Gasteiger partial charge in [-0.15, -0.1) is 0 Å². The number of ether oxygens (including phenoxy) is 3. The second kappa shape index (κ2) is 8.77. The third kappa shape index (κ3) is 5.14. The molecule has 0 aliphatic rings. The predicted octanol–water partition coefficient (Wildman–Crippen LogP) is 2.88. The Labute approximate surface area is 160 Å². The quantitative estimate of drug-likeness (QED) is 0.744. The van der Waals surface area contributed by atoms with E-state index in [4.69, 9.17) is 14.2 Å². The molecule has 27 heavy (non-hydrogen) atoms. The average Bonchev–Trinajstić information content (AvgIpc) is 2.66. The zero-order chi connectivity index (χ0) is 20.0. The van der Waals surface area contributed by atoms with Gasteiger partial charge in [0.05, 0.1) is 33.3 Å². The Morgan fingerprint density at radius 1 is 1.04 bits per heavy atom. The number of nitrogens with one attached hydrogen (secondary N) is 1. The summed E-state index contributed by atoms with van der Waals surface area (Å²) in [6.45, 7) is 3.56. The van der Waals surface area contributed by atoms with Gasteiger partial charge < -0.3 is 24.6 Å². The summed E-state index contributed by atoms with van der Waals surface area (Å²) in [6, 6.07) is 12.5. The SMILES string of the molecule is COc1cccc([C@@H](O)C(C)(C)NC(=O)Cc2ccc(OC)c(OC)c2)c1. The number of benzene rings is 2. The minimum Gasteiger partial charge on any atom is -0.497 e. The van der Waals surface area contributed by atoms with Gasteiger partial charge in [0.25, 0.3) is 0 Å². The molecule has 0 spiro atoms. The topological polar surface area (TPSA) is 77.0 Å². The molecule has 2 N–H and O–H groups in total. The zero-order valence-corrected chi connectivity index (χ0v) is 16.4. The van der Waals surface area contributed by atoms with Crippen molar-refractivity contribution < 1.29 is 24.1 Å². The number of carbonyl (C=O) groups excluding carboxylic acids is 1. The number of rotatable bonds is 8. The predicted molar refractivity (Wildman–Crippen MR) is 103 cm³/mol. The molecule has 0 aliphatic heterocycles. The van der Waals surface area contributed by atoms with E-state index in [1.54, 1.807) is 71.6 Å². The molecule has 0 radical (unpaired) electrons. The smallest absolute Gasteiger partial charge is 0.224 e. The molecule has 6 heteroatoms. The van der Waals surface area contributed by atoms with Crippen molar-refractivity contribution in [2.75, 3.05) is 21.3 Å². The van der Waals surface area contributed by atoms with Gasteiger partial charge in [0.15, 0.2) is 11.5 Å². The largest absolute Gasteiger partial charge is 0.497 e. The van der Waals surface area contributed by atoms with Crippen LogP contribution in [-0.4, -0.2) is 37.9 Å². The summed E-state index contributed by atoms with van der Waals surface area (Å²) in [5, 5.41) is 13.6. The Balaban J connectivity index is 2.09. The van der Waals surface area contributed by atoms with Crippen LogP contribution in [0.2, 0.25) is 0 Å². The number of methoxy groups -OCH3 is 3. The maximum absolute atomic E-state index is 12.5. The molecule has 2 rings (SSSR count). The van der Waals surface area contributed by atoms with Crippen LogP contribution < -0.4 is 19.5 Å². The summed E-state index contributed by atoms with van der Waals surface area (Å²) in [5.41, 5.74) is 0.600. The molecule has 0 aliphatic carbocycles. The monoisotopic (exact) mass is 373 g/mol. The van der Waals surface area contributed by atoms with E-state index in [-0.39, 0.29) is 12.3 Å². The Kier molecular flexibility index (Phi) is 6.69. The van der Waals surface area contributed by atoms with E-state index in [9.17, 15) is 9.90 Å². The van der Waals surface area contributed by atoms with Gasteiger partial charge in [-0.05, 0) is 49.2 Å². The van der Waals surface area contributed by atoms with Crippen molar-refractivity contribution in [2.45, 2.75) is 31.9 Å².